The highest BCUT2D eigenvalue weighted by Crippen LogP contribution is 2.14. The number of rotatable bonds is 56. The van der Waals surface area contributed by atoms with Crippen LogP contribution >= 0.6 is 0 Å². The van der Waals surface area contributed by atoms with Crippen LogP contribution in [0.3, 0.4) is 0 Å². The number of unbranched alkanes of at least 4 members (excludes halogenated alkanes) is 15. The summed E-state index contributed by atoms with van der Waals surface area (Å²) in [6.45, 7) is 6.23. The standard InChI is InChI=1S/C75H116O6/c1-4-7-10-13-16-19-22-25-28-30-32-33-34-35-36-37-38-39-40-41-43-44-47-50-53-56-59-62-65-68-74(77)80-71-72(70-79-73(76)67-64-61-58-55-52-49-46-27-24-21-18-15-12-9-6-3)81-75(78)69-66-63-60-57-54-51-48-45-42-31-29-26-23-20-17-14-11-8-5-2/h7-12,16-21,25-29,32-33,35-36,38-39,41-43,45-46,52,55,72H,4-6,13-15,22-24,30-31,34,37,40,44,47-51,53-54,56-71H2,1-3H3/b10-7-,11-8-,12-9-,19-16-,20-17-,21-18-,28-25-,29-26-,33-32-,36-35-,39-38-,43-41-,45-42-,46-27-,55-52-. The van der Waals surface area contributed by atoms with Crippen LogP contribution in [0.1, 0.15) is 252 Å². The van der Waals surface area contributed by atoms with E-state index in [1.807, 2.05) is 0 Å². The number of carbonyl (C=O) groups is 3. The molecule has 0 fully saturated rings. The van der Waals surface area contributed by atoms with Gasteiger partial charge in [-0.3, -0.25) is 14.4 Å². The molecule has 1 unspecified atom stereocenters. The van der Waals surface area contributed by atoms with Crippen molar-refractivity contribution in [2.75, 3.05) is 13.2 Å². The third-order valence-corrected chi connectivity index (χ3v) is 12.9. The van der Waals surface area contributed by atoms with Gasteiger partial charge >= 0.3 is 17.9 Å². The highest BCUT2D eigenvalue weighted by atomic mass is 16.6. The van der Waals surface area contributed by atoms with Crippen LogP contribution in [0.5, 0.6) is 0 Å². The maximum Gasteiger partial charge on any atom is 0.306 e. The number of allylic oxidation sites excluding steroid dienone is 30. The van der Waals surface area contributed by atoms with Crippen molar-refractivity contribution in [1.29, 1.82) is 0 Å². The fourth-order valence-corrected chi connectivity index (χ4v) is 8.17. The predicted molar refractivity (Wildman–Crippen MR) is 352 cm³/mol. The van der Waals surface area contributed by atoms with Gasteiger partial charge in [0.1, 0.15) is 13.2 Å². The molecule has 0 rings (SSSR count). The lowest BCUT2D eigenvalue weighted by molar-refractivity contribution is -0.167. The Morgan fingerprint density at radius 3 is 0.716 bits per heavy atom. The van der Waals surface area contributed by atoms with Gasteiger partial charge in [-0.05, 0) is 154 Å². The molecule has 0 saturated heterocycles. The van der Waals surface area contributed by atoms with E-state index in [0.717, 1.165) is 173 Å². The van der Waals surface area contributed by atoms with Crippen LogP contribution in [-0.4, -0.2) is 37.2 Å². The molecule has 0 saturated carbocycles. The molecule has 0 aromatic heterocycles. The summed E-state index contributed by atoms with van der Waals surface area (Å²) in [6, 6.07) is 0. The highest BCUT2D eigenvalue weighted by Gasteiger charge is 2.19. The summed E-state index contributed by atoms with van der Waals surface area (Å²) in [5.41, 5.74) is 0. The number of hydrogen-bond acceptors (Lipinski definition) is 6. The second-order valence-corrected chi connectivity index (χ2v) is 20.5. The lowest BCUT2D eigenvalue weighted by Gasteiger charge is -2.18. The summed E-state index contributed by atoms with van der Waals surface area (Å²) >= 11 is 0. The third-order valence-electron chi connectivity index (χ3n) is 12.9. The fourth-order valence-electron chi connectivity index (χ4n) is 8.17. The van der Waals surface area contributed by atoms with Crippen LogP contribution in [0.2, 0.25) is 0 Å². The Morgan fingerprint density at radius 2 is 0.444 bits per heavy atom. The van der Waals surface area contributed by atoms with E-state index in [2.05, 4.69) is 203 Å². The second-order valence-electron chi connectivity index (χ2n) is 20.5. The number of esters is 3. The van der Waals surface area contributed by atoms with Crippen molar-refractivity contribution in [1.82, 2.24) is 0 Å². The highest BCUT2D eigenvalue weighted by molar-refractivity contribution is 5.71. The van der Waals surface area contributed by atoms with Crippen LogP contribution in [0.15, 0.2) is 182 Å². The zero-order valence-electron chi connectivity index (χ0n) is 51.7. The molecule has 0 aliphatic carbocycles. The van der Waals surface area contributed by atoms with Gasteiger partial charge in [-0.1, -0.05) is 261 Å². The summed E-state index contributed by atoms with van der Waals surface area (Å²) in [5, 5.41) is 0. The Kier molecular flexibility index (Phi) is 62.5. The van der Waals surface area contributed by atoms with Gasteiger partial charge in [-0.25, -0.2) is 0 Å². The minimum atomic E-state index is -0.820. The largest absolute Gasteiger partial charge is 0.462 e. The molecule has 0 aromatic rings. The van der Waals surface area contributed by atoms with Gasteiger partial charge in [-0.15, -0.1) is 0 Å². The molecular formula is C75H116O6. The van der Waals surface area contributed by atoms with E-state index in [0.29, 0.717) is 25.7 Å². The van der Waals surface area contributed by atoms with Crippen LogP contribution in [0.4, 0.5) is 0 Å². The third kappa shape index (κ3) is 65.2. The van der Waals surface area contributed by atoms with E-state index in [1.54, 1.807) is 0 Å². The van der Waals surface area contributed by atoms with Crippen molar-refractivity contribution < 1.29 is 28.6 Å². The summed E-state index contributed by atoms with van der Waals surface area (Å²) in [5.74, 6) is -0.986. The lowest BCUT2D eigenvalue weighted by Crippen LogP contribution is -2.30. The maximum atomic E-state index is 12.9. The molecule has 452 valence electrons. The molecule has 0 heterocycles. The van der Waals surface area contributed by atoms with Gasteiger partial charge in [0.15, 0.2) is 6.10 Å². The van der Waals surface area contributed by atoms with E-state index in [-0.39, 0.29) is 31.1 Å². The SMILES string of the molecule is CC/C=C\C/C=C\C/C=C\C/C=C\C/C=C\C/C=C\C/C=C\CCCCCCCCCC(=O)OCC(COC(=O)CCCC/C=C\C/C=C\C/C=C\C/C=C\CC)OC(=O)CCCCCCCC/C=C\C/C=C\C/C=C\C/C=C\CC. The molecule has 0 bridgehead atoms. The summed E-state index contributed by atoms with van der Waals surface area (Å²) in [7, 11) is 0. The van der Waals surface area contributed by atoms with Gasteiger partial charge in [0, 0.05) is 19.3 Å². The van der Waals surface area contributed by atoms with Crippen LogP contribution in [0.25, 0.3) is 0 Å². The van der Waals surface area contributed by atoms with Gasteiger partial charge in [0.05, 0.1) is 0 Å². The monoisotopic (exact) mass is 1110 g/mol. The Bertz CT molecular complexity index is 1900. The molecule has 81 heavy (non-hydrogen) atoms. The Morgan fingerprint density at radius 1 is 0.247 bits per heavy atom. The van der Waals surface area contributed by atoms with Crippen LogP contribution in [-0.2, 0) is 28.6 Å². The van der Waals surface area contributed by atoms with Gasteiger partial charge in [0.2, 0.25) is 0 Å². The first-order valence-electron chi connectivity index (χ1n) is 32.3. The van der Waals surface area contributed by atoms with E-state index in [9.17, 15) is 14.4 Å². The average molecular weight is 1110 g/mol. The summed E-state index contributed by atoms with van der Waals surface area (Å²) in [6.07, 6.45) is 100. The van der Waals surface area contributed by atoms with Crippen LogP contribution < -0.4 is 0 Å². The summed E-state index contributed by atoms with van der Waals surface area (Å²) < 4.78 is 16.9. The van der Waals surface area contributed by atoms with E-state index in [4.69, 9.17) is 14.2 Å². The molecule has 1 atom stereocenters. The van der Waals surface area contributed by atoms with E-state index < -0.39 is 6.10 Å². The molecule has 0 amide bonds. The zero-order chi connectivity index (χ0) is 58.5. The van der Waals surface area contributed by atoms with Gasteiger partial charge < -0.3 is 14.2 Å². The molecule has 0 spiro atoms. The maximum absolute atomic E-state index is 12.9. The average Bonchev–Trinajstić information content (AvgIpc) is 3.47. The normalized spacial score (nSPS) is 13.4. The molecular weight excluding hydrogens is 997 g/mol. The predicted octanol–water partition coefficient (Wildman–Crippen LogP) is 22.4. The number of ether oxygens (including phenoxy) is 3. The molecule has 0 N–H and O–H groups in total. The van der Waals surface area contributed by atoms with Crippen molar-refractivity contribution in [3.05, 3.63) is 182 Å². The fraction of sp³-hybridized carbons (Fsp3) is 0.560. The molecule has 0 radical (unpaired) electrons. The minimum absolute atomic E-state index is 0.112. The number of carbonyl (C=O) groups excluding carboxylic acids is 3. The van der Waals surface area contributed by atoms with E-state index >= 15 is 0 Å². The van der Waals surface area contributed by atoms with Crippen molar-refractivity contribution in [2.45, 2.75) is 258 Å². The Hall–Kier alpha value is -5.49. The van der Waals surface area contributed by atoms with Crippen LogP contribution in [0, 0.1) is 0 Å². The molecule has 0 aromatic carbocycles. The topological polar surface area (TPSA) is 78.9 Å². The van der Waals surface area contributed by atoms with Crippen molar-refractivity contribution >= 4 is 17.9 Å². The van der Waals surface area contributed by atoms with Crippen molar-refractivity contribution in [3.8, 4) is 0 Å². The van der Waals surface area contributed by atoms with Gasteiger partial charge in [-0.2, -0.15) is 0 Å². The lowest BCUT2D eigenvalue weighted by atomic mass is 10.1. The smallest absolute Gasteiger partial charge is 0.306 e. The summed E-state index contributed by atoms with van der Waals surface area (Å²) in [4.78, 5) is 38.3. The first-order chi connectivity index (χ1) is 40.0. The van der Waals surface area contributed by atoms with Crippen molar-refractivity contribution in [2.24, 2.45) is 0 Å². The Balaban J connectivity index is 4.46. The minimum Gasteiger partial charge on any atom is -0.462 e. The molecule has 0 aliphatic rings. The first kappa shape index (κ1) is 75.5. The second kappa shape index (κ2) is 67.0. The molecule has 0 aliphatic heterocycles. The van der Waals surface area contributed by atoms with Crippen molar-refractivity contribution in [3.63, 3.8) is 0 Å². The Labute approximate surface area is 497 Å². The molecule has 6 heteroatoms. The molecule has 6 nitrogen and oxygen atoms in total. The quantitative estimate of drug-likeness (QED) is 0.0261. The first-order valence-corrected chi connectivity index (χ1v) is 32.3. The van der Waals surface area contributed by atoms with Gasteiger partial charge in [0.25, 0.3) is 0 Å². The number of hydrogen-bond donors (Lipinski definition) is 0. The zero-order valence-corrected chi connectivity index (χ0v) is 51.7. The van der Waals surface area contributed by atoms with E-state index in [1.165, 1.54) is 32.1 Å².